The molecule has 0 fully saturated rings. The number of halogens is 2. The number of hydrogen-bond donors (Lipinski definition) is 2. The van der Waals surface area contributed by atoms with E-state index in [9.17, 15) is 4.79 Å². The van der Waals surface area contributed by atoms with E-state index in [1.165, 1.54) is 6.21 Å². The number of nitrogens with zero attached hydrogens (tertiary/aromatic N) is 1. The van der Waals surface area contributed by atoms with Crippen LogP contribution in [0.5, 0.6) is 11.5 Å². The molecule has 0 bridgehead atoms. The van der Waals surface area contributed by atoms with Gasteiger partial charge in [-0.25, -0.2) is 10.2 Å². The number of carbonyl (C=O) groups is 1. The van der Waals surface area contributed by atoms with Crippen LogP contribution in [-0.4, -0.2) is 25.5 Å². The van der Waals surface area contributed by atoms with Crippen LogP contribution in [-0.2, 0) is 0 Å². The fraction of sp³-hybridized carbons (Fsp3) is 0.429. The number of hydrogen-bond acceptors (Lipinski definition) is 4. The number of primary amides is 1. The van der Waals surface area contributed by atoms with Crippen molar-refractivity contribution >= 4 is 44.1 Å². The van der Waals surface area contributed by atoms with Gasteiger partial charge in [0.1, 0.15) is 0 Å². The van der Waals surface area contributed by atoms with E-state index in [1.54, 1.807) is 6.07 Å². The van der Waals surface area contributed by atoms with Gasteiger partial charge in [-0.05, 0) is 51.3 Å². The molecule has 2 amide bonds. The standard InChI is InChI=1S/C14H19Br2N3O3/c1-3-5-6-22-13-10(21-4-2)7-9(11(15)12(13)16)8-18-19-14(17)20/h7-8H,3-6H2,1-2H3,(H3,17,19,20). The van der Waals surface area contributed by atoms with Crippen molar-refractivity contribution in [2.24, 2.45) is 10.8 Å². The second-order valence-corrected chi connectivity index (χ2v) is 5.88. The lowest BCUT2D eigenvalue weighted by Gasteiger charge is -2.16. The first-order valence-corrected chi connectivity index (χ1v) is 8.45. The number of urea groups is 1. The molecule has 6 nitrogen and oxygen atoms in total. The normalized spacial score (nSPS) is 10.7. The zero-order valence-electron chi connectivity index (χ0n) is 12.5. The molecular weight excluding hydrogens is 418 g/mol. The summed E-state index contributed by atoms with van der Waals surface area (Å²) in [6.07, 6.45) is 3.48. The Labute approximate surface area is 146 Å². The van der Waals surface area contributed by atoms with Gasteiger partial charge in [-0.1, -0.05) is 13.3 Å². The number of nitrogens with one attached hydrogen (secondary N) is 1. The Hall–Kier alpha value is -1.28. The van der Waals surface area contributed by atoms with E-state index in [1.807, 2.05) is 6.92 Å². The first-order chi connectivity index (χ1) is 10.5. The van der Waals surface area contributed by atoms with Crippen molar-refractivity contribution in [3.8, 4) is 11.5 Å². The van der Waals surface area contributed by atoms with Crippen LogP contribution in [0.25, 0.3) is 0 Å². The van der Waals surface area contributed by atoms with Gasteiger partial charge in [-0.3, -0.25) is 0 Å². The first-order valence-electron chi connectivity index (χ1n) is 6.87. The smallest absolute Gasteiger partial charge is 0.332 e. The molecule has 1 rings (SSSR count). The molecule has 0 aliphatic heterocycles. The molecule has 0 spiro atoms. The van der Waals surface area contributed by atoms with Crippen molar-refractivity contribution in [2.45, 2.75) is 26.7 Å². The number of carbonyl (C=O) groups excluding carboxylic acids is 1. The molecule has 0 saturated carbocycles. The maximum absolute atomic E-state index is 10.6. The Balaban J connectivity index is 3.10. The molecule has 0 heterocycles. The van der Waals surface area contributed by atoms with Crippen LogP contribution in [0.2, 0.25) is 0 Å². The van der Waals surface area contributed by atoms with E-state index in [0.29, 0.717) is 30.3 Å². The molecule has 0 aromatic heterocycles. The summed E-state index contributed by atoms with van der Waals surface area (Å²) < 4.78 is 12.9. The summed E-state index contributed by atoms with van der Waals surface area (Å²) in [6.45, 7) is 5.11. The van der Waals surface area contributed by atoms with Gasteiger partial charge >= 0.3 is 6.03 Å². The summed E-state index contributed by atoms with van der Waals surface area (Å²) in [5.41, 5.74) is 7.83. The lowest BCUT2D eigenvalue weighted by molar-refractivity contribution is 0.249. The Kier molecular flexibility index (Phi) is 8.26. The van der Waals surface area contributed by atoms with Crippen LogP contribution in [0, 0.1) is 0 Å². The number of ether oxygens (including phenoxy) is 2. The molecule has 22 heavy (non-hydrogen) atoms. The van der Waals surface area contributed by atoms with Crippen molar-refractivity contribution in [3.05, 3.63) is 20.6 Å². The monoisotopic (exact) mass is 435 g/mol. The molecule has 0 aliphatic rings. The number of nitrogens with two attached hydrogens (primary N) is 1. The number of amides is 2. The molecule has 122 valence electrons. The summed E-state index contributed by atoms with van der Waals surface area (Å²) >= 11 is 6.97. The molecule has 8 heteroatoms. The predicted molar refractivity (Wildman–Crippen MR) is 93.7 cm³/mol. The van der Waals surface area contributed by atoms with Crippen LogP contribution in [0.4, 0.5) is 4.79 Å². The van der Waals surface area contributed by atoms with Gasteiger partial charge in [-0.2, -0.15) is 5.10 Å². The Bertz CT molecular complexity index is 551. The SMILES string of the molecule is CCCCOc1c(OCC)cc(C=NNC(N)=O)c(Br)c1Br. The van der Waals surface area contributed by atoms with E-state index in [-0.39, 0.29) is 0 Å². The summed E-state index contributed by atoms with van der Waals surface area (Å²) in [5, 5.41) is 3.75. The van der Waals surface area contributed by atoms with Crippen LogP contribution >= 0.6 is 31.9 Å². The molecule has 1 aromatic rings. The Morgan fingerprint density at radius 1 is 1.36 bits per heavy atom. The van der Waals surface area contributed by atoms with Crippen molar-refractivity contribution in [3.63, 3.8) is 0 Å². The highest BCUT2D eigenvalue weighted by atomic mass is 79.9. The zero-order valence-corrected chi connectivity index (χ0v) is 15.7. The van der Waals surface area contributed by atoms with Crippen molar-refractivity contribution in [1.82, 2.24) is 5.43 Å². The summed E-state index contributed by atoms with van der Waals surface area (Å²) in [5.74, 6) is 1.25. The highest BCUT2D eigenvalue weighted by Crippen LogP contribution is 2.42. The molecule has 1 aromatic carbocycles. The third-order valence-electron chi connectivity index (χ3n) is 2.58. The van der Waals surface area contributed by atoms with Gasteiger partial charge in [0.05, 0.1) is 23.9 Å². The first kappa shape index (κ1) is 18.8. The minimum absolute atomic E-state index is 0.508. The van der Waals surface area contributed by atoms with Crippen LogP contribution in [0.1, 0.15) is 32.3 Å². The highest BCUT2D eigenvalue weighted by molar-refractivity contribution is 9.13. The van der Waals surface area contributed by atoms with E-state index >= 15 is 0 Å². The minimum Gasteiger partial charge on any atom is -0.490 e. The lowest BCUT2D eigenvalue weighted by atomic mass is 10.2. The van der Waals surface area contributed by atoms with Gasteiger partial charge in [-0.15, -0.1) is 0 Å². The van der Waals surface area contributed by atoms with Gasteiger partial charge in [0.15, 0.2) is 11.5 Å². The molecule has 0 radical (unpaired) electrons. The molecule has 3 N–H and O–H groups in total. The average molecular weight is 437 g/mol. The van der Waals surface area contributed by atoms with E-state index in [0.717, 1.165) is 21.8 Å². The van der Waals surface area contributed by atoms with Crippen molar-refractivity contribution < 1.29 is 14.3 Å². The van der Waals surface area contributed by atoms with Crippen molar-refractivity contribution in [2.75, 3.05) is 13.2 Å². The largest absolute Gasteiger partial charge is 0.490 e. The van der Waals surface area contributed by atoms with E-state index in [4.69, 9.17) is 15.2 Å². The fourth-order valence-electron chi connectivity index (χ4n) is 1.58. The van der Waals surface area contributed by atoms with Gasteiger partial charge in [0.25, 0.3) is 0 Å². The van der Waals surface area contributed by atoms with Crippen LogP contribution in [0.3, 0.4) is 0 Å². The molecule has 0 unspecified atom stereocenters. The molecular formula is C14H19Br2N3O3. The third-order valence-corrected chi connectivity index (χ3v) is 4.72. The second kappa shape index (κ2) is 9.68. The molecule has 0 saturated heterocycles. The topological polar surface area (TPSA) is 85.9 Å². The number of unbranched alkanes of at least 4 members (excludes halogenated alkanes) is 1. The highest BCUT2D eigenvalue weighted by Gasteiger charge is 2.16. The van der Waals surface area contributed by atoms with Crippen molar-refractivity contribution in [1.29, 1.82) is 0 Å². The van der Waals surface area contributed by atoms with Gasteiger partial charge in [0.2, 0.25) is 0 Å². The van der Waals surface area contributed by atoms with Crippen LogP contribution < -0.4 is 20.6 Å². The maximum Gasteiger partial charge on any atom is 0.332 e. The van der Waals surface area contributed by atoms with E-state index in [2.05, 4.69) is 49.3 Å². The average Bonchev–Trinajstić information content (AvgIpc) is 2.47. The minimum atomic E-state index is -0.726. The lowest BCUT2D eigenvalue weighted by Crippen LogP contribution is -2.24. The summed E-state index contributed by atoms with van der Waals surface area (Å²) in [4.78, 5) is 10.6. The van der Waals surface area contributed by atoms with E-state index < -0.39 is 6.03 Å². The predicted octanol–water partition coefficient (Wildman–Crippen LogP) is 3.79. The Morgan fingerprint density at radius 2 is 2.09 bits per heavy atom. The second-order valence-electron chi connectivity index (χ2n) is 4.29. The summed E-state index contributed by atoms with van der Waals surface area (Å²) in [7, 11) is 0. The molecule has 0 aliphatic carbocycles. The van der Waals surface area contributed by atoms with Gasteiger partial charge < -0.3 is 15.2 Å². The number of hydrazone groups is 1. The van der Waals surface area contributed by atoms with Crippen LogP contribution in [0.15, 0.2) is 20.1 Å². The maximum atomic E-state index is 10.6. The number of benzene rings is 1. The van der Waals surface area contributed by atoms with Gasteiger partial charge in [0, 0.05) is 10.0 Å². The zero-order chi connectivity index (χ0) is 16.5. The quantitative estimate of drug-likeness (QED) is 0.369. The fourth-order valence-corrected chi connectivity index (χ4v) is 2.52. The number of rotatable bonds is 8. The third kappa shape index (κ3) is 5.49. The Morgan fingerprint density at radius 3 is 2.68 bits per heavy atom. The summed E-state index contributed by atoms with van der Waals surface area (Å²) in [6, 6.07) is 1.06. The molecule has 0 atom stereocenters.